The van der Waals surface area contributed by atoms with Crippen LogP contribution >= 0.6 is 11.3 Å². The van der Waals surface area contributed by atoms with Gasteiger partial charge >= 0.3 is 0 Å². The summed E-state index contributed by atoms with van der Waals surface area (Å²) in [5.41, 5.74) is 0.811. The summed E-state index contributed by atoms with van der Waals surface area (Å²) < 4.78 is 3.39. The minimum atomic E-state index is -0.167. The van der Waals surface area contributed by atoms with Gasteiger partial charge in [-0.25, -0.2) is 4.98 Å². The van der Waals surface area contributed by atoms with Crippen LogP contribution in [-0.4, -0.2) is 24.4 Å². The topological polar surface area (TPSA) is 77.1 Å². The SMILES string of the molecule is O=c1ccnc2sc(NCc3ccn(C4CCCC4)n3)nn12. The summed E-state index contributed by atoms with van der Waals surface area (Å²) in [6.45, 7) is 0.592. The minimum Gasteiger partial charge on any atom is -0.354 e. The summed E-state index contributed by atoms with van der Waals surface area (Å²) in [6.07, 6.45) is 8.60. The van der Waals surface area contributed by atoms with Crippen LogP contribution in [-0.2, 0) is 6.54 Å². The molecule has 4 rings (SSSR count). The number of hydrogen-bond donors (Lipinski definition) is 1. The zero-order valence-corrected chi connectivity index (χ0v) is 12.8. The first-order valence-corrected chi connectivity index (χ1v) is 8.24. The molecule has 0 atom stereocenters. The Kier molecular flexibility index (Phi) is 3.38. The Morgan fingerprint density at radius 3 is 2.95 bits per heavy atom. The molecule has 3 aromatic heterocycles. The average molecular weight is 316 g/mol. The quantitative estimate of drug-likeness (QED) is 0.797. The third-order valence-electron chi connectivity index (χ3n) is 3.95. The first-order chi connectivity index (χ1) is 10.8. The van der Waals surface area contributed by atoms with Crippen LogP contribution in [0.15, 0.2) is 29.3 Å². The zero-order valence-electron chi connectivity index (χ0n) is 12.0. The zero-order chi connectivity index (χ0) is 14.9. The molecule has 22 heavy (non-hydrogen) atoms. The number of nitrogens with one attached hydrogen (secondary N) is 1. The Morgan fingerprint density at radius 2 is 2.14 bits per heavy atom. The highest BCUT2D eigenvalue weighted by atomic mass is 32.1. The maximum absolute atomic E-state index is 11.6. The average Bonchev–Trinajstić information content (AvgIpc) is 3.25. The lowest BCUT2D eigenvalue weighted by Gasteiger charge is -2.08. The second kappa shape index (κ2) is 5.53. The van der Waals surface area contributed by atoms with E-state index in [4.69, 9.17) is 0 Å². The van der Waals surface area contributed by atoms with E-state index in [-0.39, 0.29) is 5.56 Å². The van der Waals surface area contributed by atoms with Crippen molar-refractivity contribution < 1.29 is 0 Å². The van der Waals surface area contributed by atoms with Crippen molar-refractivity contribution in [3.63, 3.8) is 0 Å². The van der Waals surface area contributed by atoms with E-state index >= 15 is 0 Å². The number of aromatic nitrogens is 5. The van der Waals surface area contributed by atoms with Gasteiger partial charge in [0.15, 0.2) is 0 Å². The molecule has 0 bridgehead atoms. The van der Waals surface area contributed by atoms with Crippen LogP contribution in [0.2, 0.25) is 0 Å². The molecule has 0 aromatic carbocycles. The number of hydrogen-bond acceptors (Lipinski definition) is 6. The van der Waals surface area contributed by atoms with E-state index in [1.165, 1.54) is 53.8 Å². The van der Waals surface area contributed by atoms with Crippen molar-refractivity contribution in [1.29, 1.82) is 0 Å². The molecule has 0 amide bonds. The molecule has 114 valence electrons. The molecule has 1 saturated carbocycles. The van der Waals surface area contributed by atoms with Crippen LogP contribution in [0.3, 0.4) is 0 Å². The van der Waals surface area contributed by atoms with E-state index < -0.39 is 0 Å². The van der Waals surface area contributed by atoms with E-state index in [0.29, 0.717) is 22.7 Å². The second-order valence-electron chi connectivity index (χ2n) is 5.46. The lowest BCUT2D eigenvalue weighted by atomic mass is 10.3. The Labute approximate surface area is 130 Å². The number of anilines is 1. The molecule has 1 aliphatic carbocycles. The number of rotatable bonds is 4. The maximum Gasteiger partial charge on any atom is 0.275 e. The minimum absolute atomic E-state index is 0.167. The maximum atomic E-state index is 11.6. The van der Waals surface area contributed by atoms with Gasteiger partial charge in [-0.1, -0.05) is 24.2 Å². The molecule has 1 fully saturated rings. The fourth-order valence-corrected chi connectivity index (χ4v) is 3.60. The van der Waals surface area contributed by atoms with Gasteiger partial charge in [-0.3, -0.25) is 9.48 Å². The van der Waals surface area contributed by atoms with Crippen molar-refractivity contribution in [2.45, 2.75) is 38.3 Å². The highest BCUT2D eigenvalue weighted by Gasteiger charge is 2.17. The van der Waals surface area contributed by atoms with Crippen LogP contribution in [0.4, 0.5) is 5.13 Å². The molecule has 0 radical (unpaired) electrons. The molecule has 7 nitrogen and oxygen atoms in total. The van der Waals surface area contributed by atoms with E-state index in [9.17, 15) is 4.79 Å². The summed E-state index contributed by atoms with van der Waals surface area (Å²) in [5.74, 6) is 0. The molecule has 3 heterocycles. The van der Waals surface area contributed by atoms with Crippen LogP contribution < -0.4 is 10.9 Å². The third kappa shape index (κ3) is 2.50. The third-order valence-corrected chi connectivity index (χ3v) is 4.83. The molecule has 1 N–H and O–H groups in total. The summed E-state index contributed by atoms with van der Waals surface area (Å²) in [5, 5.41) is 12.7. The molecular weight excluding hydrogens is 300 g/mol. The van der Waals surface area contributed by atoms with Gasteiger partial charge in [0.2, 0.25) is 10.1 Å². The normalized spacial score (nSPS) is 15.6. The second-order valence-corrected chi connectivity index (χ2v) is 6.42. The predicted octanol–water partition coefficient (Wildman–Crippen LogP) is 2.07. The molecular formula is C14H16N6OS. The van der Waals surface area contributed by atoms with Gasteiger partial charge in [-0.05, 0) is 18.9 Å². The van der Waals surface area contributed by atoms with E-state index in [2.05, 4.69) is 31.4 Å². The standard InChI is InChI=1S/C14H16N6OS/c21-12-5-7-15-14-20(12)18-13(22-14)16-9-10-6-8-19(17-10)11-3-1-2-4-11/h5-8,11H,1-4,9H2,(H,16,18). The van der Waals surface area contributed by atoms with Crippen molar-refractivity contribution >= 4 is 21.4 Å². The monoisotopic (exact) mass is 316 g/mol. The van der Waals surface area contributed by atoms with Crippen molar-refractivity contribution in [2.24, 2.45) is 0 Å². The Hall–Kier alpha value is -2.22. The van der Waals surface area contributed by atoms with Gasteiger partial charge < -0.3 is 5.32 Å². The van der Waals surface area contributed by atoms with Gasteiger partial charge in [0.1, 0.15) is 0 Å². The molecule has 0 saturated heterocycles. The van der Waals surface area contributed by atoms with Crippen LogP contribution in [0.5, 0.6) is 0 Å². The van der Waals surface area contributed by atoms with Crippen molar-refractivity contribution in [2.75, 3.05) is 5.32 Å². The van der Waals surface area contributed by atoms with Crippen molar-refractivity contribution in [3.05, 3.63) is 40.6 Å². The molecule has 0 aliphatic heterocycles. The summed E-state index contributed by atoms with van der Waals surface area (Å²) in [4.78, 5) is 16.4. The fraction of sp³-hybridized carbons (Fsp3) is 0.429. The van der Waals surface area contributed by atoms with Gasteiger partial charge in [-0.15, -0.1) is 5.10 Å². The van der Waals surface area contributed by atoms with Gasteiger partial charge in [0, 0.05) is 18.5 Å². The summed E-state index contributed by atoms with van der Waals surface area (Å²) >= 11 is 1.36. The first kappa shape index (κ1) is 13.4. The molecule has 1 aliphatic rings. The van der Waals surface area contributed by atoms with Gasteiger partial charge in [-0.2, -0.15) is 9.61 Å². The lowest BCUT2D eigenvalue weighted by molar-refractivity contribution is 0.463. The highest BCUT2D eigenvalue weighted by molar-refractivity contribution is 7.20. The largest absolute Gasteiger partial charge is 0.354 e. The van der Waals surface area contributed by atoms with Crippen LogP contribution in [0, 0.1) is 0 Å². The predicted molar refractivity (Wildman–Crippen MR) is 84.2 cm³/mol. The van der Waals surface area contributed by atoms with Crippen LogP contribution in [0.25, 0.3) is 4.96 Å². The number of fused-ring (bicyclic) bond motifs is 1. The first-order valence-electron chi connectivity index (χ1n) is 7.42. The van der Waals surface area contributed by atoms with Gasteiger partial charge in [0.05, 0.1) is 18.3 Å². The molecule has 0 spiro atoms. The smallest absolute Gasteiger partial charge is 0.275 e. The van der Waals surface area contributed by atoms with Crippen LogP contribution in [0.1, 0.15) is 37.4 Å². The Bertz CT molecular complexity index is 844. The highest BCUT2D eigenvalue weighted by Crippen LogP contribution is 2.28. The lowest BCUT2D eigenvalue weighted by Crippen LogP contribution is -2.12. The fourth-order valence-electron chi connectivity index (χ4n) is 2.83. The van der Waals surface area contributed by atoms with E-state index in [0.717, 1.165) is 5.69 Å². The number of nitrogens with zero attached hydrogens (tertiary/aromatic N) is 5. The molecule has 8 heteroatoms. The van der Waals surface area contributed by atoms with E-state index in [1.54, 1.807) is 0 Å². The molecule has 3 aromatic rings. The Balaban J connectivity index is 1.47. The Morgan fingerprint density at radius 1 is 1.27 bits per heavy atom. The van der Waals surface area contributed by atoms with E-state index in [1.807, 2.05) is 6.07 Å². The van der Waals surface area contributed by atoms with Gasteiger partial charge in [0.25, 0.3) is 5.56 Å². The summed E-state index contributed by atoms with van der Waals surface area (Å²) in [6, 6.07) is 3.99. The molecule has 0 unspecified atom stereocenters. The van der Waals surface area contributed by atoms with Crippen molar-refractivity contribution in [1.82, 2.24) is 24.4 Å². The summed E-state index contributed by atoms with van der Waals surface area (Å²) in [7, 11) is 0. The van der Waals surface area contributed by atoms with Crippen molar-refractivity contribution in [3.8, 4) is 0 Å².